The van der Waals surface area contributed by atoms with Crippen LogP contribution in [-0.2, 0) is 14.3 Å². The second-order valence-electron chi connectivity index (χ2n) is 5.14. The predicted molar refractivity (Wildman–Crippen MR) is 63.3 cm³/mol. The van der Waals surface area contributed by atoms with Crippen molar-refractivity contribution in [1.82, 2.24) is 0 Å². The molecule has 0 spiro atoms. The summed E-state index contributed by atoms with van der Waals surface area (Å²) < 4.78 is 10.9. The van der Waals surface area contributed by atoms with Crippen LogP contribution in [0.25, 0.3) is 0 Å². The van der Waals surface area contributed by atoms with Crippen LogP contribution in [0.4, 0.5) is 0 Å². The molecule has 1 rings (SSSR count). The molecule has 2 atom stereocenters. The van der Waals surface area contributed by atoms with E-state index in [4.69, 9.17) is 9.47 Å². The first-order chi connectivity index (χ1) is 7.47. The zero-order chi connectivity index (χ0) is 12.2. The summed E-state index contributed by atoms with van der Waals surface area (Å²) in [7, 11) is 0. The van der Waals surface area contributed by atoms with E-state index in [2.05, 4.69) is 6.92 Å². The number of hydrogen-bond acceptors (Lipinski definition) is 3. The lowest BCUT2D eigenvalue weighted by Gasteiger charge is -2.15. The highest BCUT2D eigenvalue weighted by atomic mass is 16.6. The minimum Gasteiger partial charge on any atom is -0.460 e. The number of rotatable bonds is 7. The molecule has 1 aliphatic rings. The topological polar surface area (TPSA) is 38.8 Å². The van der Waals surface area contributed by atoms with Crippen LogP contribution < -0.4 is 0 Å². The van der Waals surface area contributed by atoms with E-state index >= 15 is 0 Å². The highest BCUT2D eigenvalue weighted by molar-refractivity contribution is 5.66. The first kappa shape index (κ1) is 13.5. The summed E-state index contributed by atoms with van der Waals surface area (Å²) in [6, 6.07) is 0. The molecule has 0 bridgehead atoms. The number of ether oxygens (including phenoxy) is 2. The maximum atomic E-state index is 11.0. The van der Waals surface area contributed by atoms with Crippen LogP contribution in [0.2, 0.25) is 0 Å². The lowest BCUT2D eigenvalue weighted by molar-refractivity contribution is -0.147. The Bertz CT molecular complexity index is 235. The van der Waals surface area contributed by atoms with E-state index in [9.17, 15) is 4.79 Å². The van der Waals surface area contributed by atoms with Crippen molar-refractivity contribution in [3.05, 3.63) is 0 Å². The fraction of sp³-hybridized carbons (Fsp3) is 0.923. The molecular weight excluding hydrogens is 204 g/mol. The van der Waals surface area contributed by atoms with E-state index in [-0.39, 0.29) is 23.8 Å². The lowest BCUT2D eigenvalue weighted by Crippen LogP contribution is -2.26. The van der Waals surface area contributed by atoms with Gasteiger partial charge in [0.1, 0.15) is 12.2 Å². The molecule has 0 unspecified atom stereocenters. The number of epoxide rings is 1. The Hall–Kier alpha value is -0.570. The molecule has 0 aromatic rings. The Morgan fingerprint density at radius 3 is 2.44 bits per heavy atom. The van der Waals surface area contributed by atoms with Crippen LogP contribution in [-0.4, -0.2) is 23.8 Å². The maximum Gasteiger partial charge on any atom is 0.302 e. The van der Waals surface area contributed by atoms with Gasteiger partial charge in [0.05, 0.1) is 5.60 Å². The van der Waals surface area contributed by atoms with Crippen LogP contribution in [0, 0.1) is 0 Å². The molecule has 16 heavy (non-hydrogen) atoms. The van der Waals surface area contributed by atoms with Crippen LogP contribution in [0.5, 0.6) is 0 Å². The summed E-state index contributed by atoms with van der Waals surface area (Å²) in [5.41, 5.74) is -0.106. The van der Waals surface area contributed by atoms with Gasteiger partial charge in [-0.3, -0.25) is 4.79 Å². The van der Waals surface area contributed by atoms with Gasteiger partial charge in [0, 0.05) is 6.92 Å². The monoisotopic (exact) mass is 228 g/mol. The van der Waals surface area contributed by atoms with Gasteiger partial charge in [-0.2, -0.15) is 0 Å². The Kier molecular flexibility index (Phi) is 4.78. The first-order valence-corrected chi connectivity index (χ1v) is 6.32. The Morgan fingerprint density at radius 2 is 2.00 bits per heavy atom. The average molecular weight is 228 g/mol. The quantitative estimate of drug-likeness (QED) is 0.382. The van der Waals surface area contributed by atoms with Gasteiger partial charge < -0.3 is 9.47 Å². The zero-order valence-electron chi connectivity index (χ0n) is 10.9. The minimum atomic E-state index is -0.202. The molecule has 3 heteroatoms. The molecule has 94 valence electrons. The van der Waals surface area contributed by atoms with Crippen LogP contribution in [0.15, 0.2) is 0 Å². The third-order valence-electron chi connectivity index (χ3n) is 3.06. The molecule has 0 amide bonds. The standard InChI is InChI=1S/C13H24O3/c1-5-6-7-8-9-11(15-10(2)14)12-13(3,4)16-12/h11-12H,5-9H2,1-4H3/t11-,12-/m0/s1. The van der Waals surface area contributed by atoms with E-state index in [1.807, 2.05) is 13.8 Å². The molecule has 1 aliphatic heterocycles. The predicted octanol–water partition coefficient (Wildman–Crippen LogP) is 3.07. The van der Waals surface area contributed by atoms with Crippen LogP contribution >= 0.6 is 0 Å². The van der Waals surface area contributed by atoms with Gasteiger partial charge in [-0.05, 0) is 26.7 Å². The van der Waals surface area contributed by atoms with E-state index in [1.165, 1.54) is 26.2 Å². The van der Waals surface area contributed by atoms with Crippen molar-refractivity contribution in [2.75, 3.05) is 0 Å². The summed E-state index contributed by atoms with van der Waals surface area (Å²) in [6.07, 6.45) is 5.77. The number of carbonyl (C=O) groups is 1. The third-order valence-corrected chi connectivity index (χ3v) is 3.06. The van der Waals surface area contributed by atoms with Crippen molar-refractivity contribution in [1.29, 1.82) is 0 Å². The highest BCUT2D eigenvalue weighted by Gasteiger charge is 2.53. The first-order valence-electron chi connectivity index (χ1n) is 6.32. The number of hydrogen-bond donors (Lipinski definition) is 0. The minimum absolute atomic E-state index is 0.0515. The molecular formula is C13H24O3. The van der Waals surface area contributed by atoms with Crippen LogP contribution in [0.3, 0.4) is 0 Å². The molecule has 1 saturated heterocycles. The average Bonchev–Trinajstić information content (AvgIpc) is 2.80. The molecule has 3 nitrogen and oxygen atoms in total. The molecule has 1 fully saturated rings. The molecule has 0 saturated carbocycles. The second kappa shape index (κ2) is 5.67. The third kappa shape index (κ3) is 4.12. The number of esters is 1. The molecule has 0 aromatic heterocycles. The normalized spacial score (nSPS) is 23.9. The molecule has 0 aromatic carbocycles. The van der Waals surface area contributed by atoms with Crippen molar-refractivity contribution < 1.29 is 14.3 Å². The Balaban J connectivity index is 2.31. The summed E-state index contributed by atoms with van der Waals surface area (Å²) in [5.74, 6) is -0.202. The lowest BCUT2D eigenvalue weighted by atomic mass is 10.0. The SMILES string of the molecule is CCCCCC[C@H](OC(C)=O)[C@@H]1OC1(C)C. The Morgan fingerprint density at radius 1 is 1.38 bits per heavy atom. The largest absolute Gasteiger partial charge is 0.460 e. The van der Waals surface area contributed by atoms with E-state index in [0.29, 0.717) is 0 Å². The highest BCUT2D eigenvalue weighted by Crippen LogP contribution is 2.40. The molecule has 0 N–H and O–H groups in total. The van der Waals surface area contributed by atoms with Gasteiger partial charge in [-0.25, -0.2) is 0 Å². The fourth-order valence-corrected chi connectivity index (χ4v) is 2.07. The zero-order valence-corrected chi connectivity index (χ0v) is 10.9. The van der Waals surface area contributed by atoms with Gasteiger partial charge >= 0.3 is 5.97 Å². The Labute approximate surface area is 98.5 Å². The van der Waals surface area contributed by atoms with Crippen molar-refractivity contribution in [3.8, 4) is 0 Å². The second-order valence-corrected chi connectivity index (χ2v) is 5.14. The summed E-state index contributed by atoms with van der Waals surface area (Å²) >= 11 is 0. The van der Waals surface area contributed by atoms with Crippen molar-refractivity contribution in [2.24, 2.45) is 0 Å². The van der Waals surface area contributed by atoms with Crippen molar-refractivity contribution in [3.63, 3.8) is 0 Å². The van der Waals surface area contributed by atoms with Gasteiger partial charge in [0.15, 0.2) is 0 Å². The van der Waals surface area contributed by atoms with Gasteiger partial charge in [0.2, 0.25) is 0 Å². The number of unbranched alkanes of at least 4 members (excludes halogenated alkanes) is 3. The maximum absolute atomic E-state index is 11.0. The van der Waals surface area contributed by atoms with E-state index in [0.717, 1.165) is 12.8 Å². The smallest absolute Gasteiger partial charge is 0.302 e. The molecule has 0 aliphatic carbocycles. The van der Waals surface area contributed by atoms with Gasteiger partial charge in [-0.1, -0.05) is 26.2 Å². The van der Waals surface area contributed by atoms with E-state index < -0.39 is 0 Å². The summed E-state index contributed by atoms with van der Waals surface area (Å²) in [6.45, 7) is 7.74. The summed E-state index contributed by atoms with van der Waals surface area (Å²) in [5, 5.41) is 0. The van der Waals surface area contributed by atoms with Gasteiger partial charge in [0.25, 0.3) is 0 Å². The fourth-order valence-electron chi connectivity index (χ4n) is 2.07. The van der Waals surface area contributed by atoms with E-state index in [1.54, 1.807) is 0 Å². The van der Waals surface area contributed by atoms with Gasteiger partial charge in [-0.15, -0.1) is 0 Å². The molecule has 1 heterocycles. The van der Waals surface area contributed by atoms with Crippen molar-refractivity contribution >= 4 is 5.97 Å². The summed E-state index contributed by atoms with van der Waals surface area (Å²) in [4.78, 5) is 11.0. The molecule has 0 radical (unpaired) electrons. The van der Waals surface area contributed by atoms with Crippen LogP contribution in [0.1, 0.15) is 59.8 Å². The van der Waals surface area contributed by atoms with Crippen molar-refractivity contribution in [2.45, 2.75) is 77.6 Å². The number of carbonyl (C=O) groups excluding carboxylic acids is 1.